The molecule has 2 heterocycles. The van der Waals surface area contributed by atoms with Crippen LogP contribution in [0.4, 0.5) is 0 Å². The van der Waals surface area contributed by atoms with Crippen molar-refractivity contribution in [3.8, 4) is 0 Å². The highest BCUT2D eigenvalue weighted by atomic mass is 35.5. The molecule has 25 heavy (non-hydrogen) atoms. The van der Waals surface area contributed by atoms with Crippen LogP contribution in [0.5, 0.6) is 0 Å². The molecule has 0 bridgehead atoms. The van der Waals surface area contributed by atoms with E-state index in [0.717, 1.165) is 11.3 Å². The van der Waals surface area contributed by atoms with Crippen molar-refractivity contribution >= 4 is 58.3 Å². The second-order valence-electron chi connectivity index (χ2n) is 4.28. The van der Waals surface area contributed by atoms with Gasteiger partial charge in [-0.25, -0.2) is 19.8 Å². The van der Waals surface area contributed by atoms with E-state index in [1.54, 1.807) is 0 Å². The summed E-state index contributed by atoms with van der Waals surface area (Å²) in [5.41, 5.74) is 0.350. The Balaban J connectivity index is 0.000000257. The van der Waals surface area contributed by atoms with Gasteiger partial charge in [0.15, 0.2) is 0 Å². The lowest BCUT2D eigenvalue weighted by Crippen LogP contribution is -2.25. The Morgan fingerprint density at radius 1 is 1.00 bits per heavy atom. The number of amides is 1. The van der Waals surface area contributed by atoms with Gasteiger partial charge >= 0.3 is 5.97 Å². The van der Waals surface area contributed by atoms with Crippen LogP contribution >= 0.6 is 46.4 Å². The summed E-state index contributed by atoms with van der Waals surface area (Å²) in [5.74, 6) is -1.41. The van der Waals surface area contributed by atoms with Crippen LogP contribution in [-0.4, -0.2) is 46.2 Å². The SMILES string of the molecule is CON(C)C(=O)c1cnc(Cl)c(Cl)c1.O=C(O)c1cnc(Cl)c(Cl)c1. The summed E-state index contributed by atoms with van der Waals surface area (Å²) >= 11 is 22.2. The number of carboxylic acids is 1. The molecule has 0 aliphatic rings. The number of aromatic nitrogens is 2. The Hall–Kier alpha value is -1.64. The first-order valence-corrected chi connectivity index (χ1v) is 7.86. The molecule has 0 saturated carbocycles. The van der Waals surface area contributed by atoms with Crippen molar-refractivity contribution in [3.63, 3.8) is 0 Å². The Bertz CT molecular complexity index is 789. The summed E-state index contributed by atoms with van der Waals surface area (Å²) in [6.07, 6.45) is 2.49. The lowest BCUT2D eigenvalue weighted by atomic mass is 10.3. The largest absolute Gasteiger partial charge is 0.478 e. The van der Waals surface area contributed by atoms with Crippen LogP contribution in [0.3, 0.4) is 0 Å². The predicted octanol–water partition coefficient (Wildman–Crippen LogP) is 4.11. The van der Waals surface area contributed by atoms with Crippen molar-refractivity contribution in [2.45, 2.75) is 0 Å². The highest BCUT2D eigenvalue weighted by Gasteiger charge is 2.13. The third kappa shape index (κ3) is 6.30. The fraction of sp³-hybridized carbons (Fsp3) is 0.143. The molecule has 2 aromatic rings. The molecule has 0 atom stereocenters. The molecule has 0 radical (unpaired) electrons. The Labute approximate surface area is 163 Å². The van der Waals surface area contributed by atoms with Crippen molar-refractivity contribution in [1.82, 2.24) is 15.0 Å². The minimum absolute atomic E-state index is 0.0272. The van der Waals surface area contributed by atoms with Gasteiger partial charge in [-0.3, -0.25) is 9.63 Å². The van der Waals surface area contributed by atoms with Gasteiger partial charge in [0.25, 0.3) is 5.91 Å². The van der Waals surface area contributed by atoms with Crippen LogP contribution in [0, 0.1) is 0 Å². The van der Waals surface area contributed by atoms with Gasteiger partial charge in [0.2, 0.25) is 0 Å². The molecule has 0 aliphatic carbocycles. The molecule has 1 amide bonds. The predicted molar refractivity (Wildman–Crippen MR) is 94.6 cm³/mol. The average Bonchev–Trinajstić information content (AvgIpc) is 2.58. The quantitative estimate of drug-likeness (QED) is 0.586. The Morgan fingerprint density at radius 2 is 1.44 bits per heavy atom. The molecular weight excluding hydrogens is 416 g/mol. The lowest BCUT2D eigenvalue weighted by molar-refractivity contribution is -0.0757. The highest BCUT2D eigenvalue weighted by molar-refractivity contribution is 6.41. The number of pyridine rings is 2. The van der Waals surface area contributed by atoms with Gasteiger partial charge in [0.05, 0.1) is 28.3 Å². The summed E-state index contributed by atoms with van der Waals surface area (Å²) in [6.45, 7) is 0. The molecule has 11 heteroatoms. The van der Waals surface area contributed by atoms with E-state index < -0.39 is 5.97 Å². The molecule has 0 aromatic carbocycles. The van der Waals surface area contributed by atoms with E-state index in [1.807, 2.05) is 0 Å². The van der Waals surface area contributed by atoms with Crippen LogP contribution < -0.4 is 0 Å². The number of carbonyl (C=O) groups is 2. The van der Waals surface area contributed by atoms with E-state index in [-0.39, 0.29) is 31.8 Å². The van der Waals surface area contributed by atoms with E-state index in [2.05, 4.69) is 9.97 Å². The zero-order valence-corrected chi connectivity index (χ0v) is 15.9. The smallest absolute Gasteiger partial charge is 0.337 e. The molecule has 2 rings (SSSR count). The molecule has 7 nitrogen and oxygen atoms in total. The summed E-state index contributed by atoms with van der Waals surface area (Å²) in [5, 5.41) is 10.2. The molecule has 0 spiro atoms. The number of carbonyl (C=O) groups excluding carboxylic acids is 1. The summed E-state index contributed by atoms with van der Waals surface area (Å²) in [6, 6.07) is 2.69. The van der Waals surface area contributed by atoms with E-state index in [4.69, 9.17) is 56.3 Å². The minimum atomic E-state index is -1.07. The van der Waals surface area contributed by atoms with Gasteiger partial charge in [-0.15, -0.1) is 0 Å². The molecule has 0 unspecified atom stereocenters. The fourth-order valence-electron chi connectivity index (χ4n) is 1.34. The summed E-state index contributed by atoms with van der Waals surface area (Å²) in [7, 11) is 2.88. The molecular formula is C14H11Cl4N3O4. The Kier molecular flexibility index (Phi) is 8.34. The minimum Gasteiger partial charge on any atom is -0.478 e. The first-order chi connectivity index (χ1) is 11.7. The van der Waals surface area contributed by atoms with Gasteiger partial charge in [-0.2, -0.15) is 0 Å². The molecule has 2 aromatic heterocycles. The molecule has 134 valence electrons. The Morgan fingerprint density at radius 3 is 1.84 bits per heavy atom. The van der Waals surface area contributed by atoms with Crippen LogP contribution in [0.15, 0.2) is 24.5 Å². The molecule has 0 saturated heterocycles. The zero-order chi connectivity index (χ0) is 19.1. The third-order valence-corrected chi connectivity index (χ3v) is 4.02. The van der Waals surface area contributed by atoms with Gasteiger partial charge < -0.3 is 5.11 Å². The molecule has 0 fully saturated rings. The maximum atomic E-state index is 11.5. The fourth-order valence-corrected chi connectivity index (χ4v) is 1.88. The van der Waals surface area contributed by atoms with E-state index in [9.17, 15) is 9.59 Å². The highest BCUT2D eigenvalue weighted by Crippen LogP contribution is 2.20. The summed E-state index contributed by atoms with van der Waals surface area (Å²) < 4.78 is 0. The van der Waals surface area contributed by atoms with Crippen molar-refractivity contribution in [2.24, 2.45) is 0 Å². The number of carboxylic acid groups (broad SMARTS) is 1. The first-order valence-electron chi connectivity index (χ1n) is 6.35. The van der Waals surface area contributed by atoms with Crippen LogP contribution in [0.2, 0.25) is 20.4 Å². The second-order valence-corrected chi connectivity index (χ2v) is 5.81. The van der Waals surface area contributed by atoms with Gasteiger partial charge in [-0.1, -0.05) is 46.4 Å². The van der Waals surface area contributed by atoms with Crippen molar-refractivity contribution < 1.29 is 19.5 Å². The maximum Gasteiger partial charge on any atom is 0.337 e. The molecule has 1 N–H and O–H groups in total. The van der Waals surface area contributed by atoms with Gasteiger partial charge in [-0.05, 0) is 12.1 Å². The number of halogens is 4. The topological polar surface area (TPSA) is 92.6 Å². The maximum absolute atomic E-state index is 11.5. The van der Waals surface area contributed by atoms with Gasteiger partial charge in [0.1, 0.15) is 10.3 Å². The molecule has 0 aliphatic heterocycles. The second kappa shape index (κ2) is 9.74. The van der Waals surface area contributed by atoms with Crippen LogP contribution in [0.1, 0.15) is 20.7 Å². The van der Waals surface area contributed by atoms with E-state index in [0.29, 0.717) is 5.56 Å². The number of hydroxylamine groups is 2. The average molecular weight is 427 g/mol. The first kappa shape index (κ1) is 21.4. The number of hydrogen-bond donors (Lipinski definition) is 1. The monoisotopic (exact) mass is 425 g/mol. The standard InChI is InChI=1S/C8H8Cl2N2O2.C6H3Cl2NO2/c1-12(14-2)8(13)5-3-6(9)7(10)11-4-5;7-4-1-3(6(10)11)2-9-5(4)8/h3-4H,1-2H3;1-2H,(H,10,11). The van der Waals surface area contributed by atoms with Crippen LogP contribution in [-0.2, 0) is 4.84 Å². The van der Waals surface area contributed by atoms with Crippen molar-refractivity contribution in [2.75, 3.05) is 14.2 Å². The number of hydrogen-bond acceptors (Lipinski definition) is 5. The number of rotatable bonds is 3. The van der Waals surface area contributed by atoms with Crippen LogP contribution in [0.25, 0.3) is 0 Å². The normalized spacial score (nSPS) is 9.84. The lowest BCUT2D eigenvalue weighted by Gasteiger charge is -2.13. The van der Waals surface area contributed by atoms with Crippen molar-refractivity contribution in [1.29, 1.82) is 0 Å². The van der Waals surface area contributed by atoms with E-state index >= 15 is 0 Å². The van der Waals surface area contributed by atoms with Crippen molar-refractivity contribution in [3.05, 3.63) is 56.0 Å². The number of nitrogens with zero attached hydrogens (tertiary/aromatic N) is 3. The third-order valence-electron chi connectivity index (χ3n) is 2.65. The summed E-state index contributed by atoms with van der Waals surface area (Å²) in [4.78, 5) is 33.8. The van der Waals surface area contributed by atoms with Gasteiger partial charge in [0, 0.05) is 19.4 Å². The van der Waals surface area contributed by atoms with E-state index in [1.165, 1.54) is 32.5 Å². The number of aromatic carboxylic acids is 1. The zero-order valence-electron chi connectivity index (χ0n) is 12.8.